The van der Waals surface area contributed by atoms with Crippen molar-refractivity contribution < 1.29 is 14.3 Å². The predicted octanol–water partition coefficient (Wildman–Crippen LogP) is 3.66. The zero-order valence-corrected chi connectivity index (χ0v) is 17.6. The highest BCUT2D eigenvalue weighted by Crippen LogP contribution is 2.39. The molecule has 0 bridgehead atoms. The number of benzene rings is 1. The van der Waals surface area contributed by atoms with Crippen molar-refractivity contribution in [2.75, 3.05) is 6.61 Å². The van der Waals surface area contributed by atoms with Crippen molar-refractivity contribution >= 4 is 17.0 Å². The maximum Gasteiger partial charge on any atom is 0.408 e. The summed E-state index contributed by atoms with van der Waals surface area (Å²) >= 11 is 0. The lowest BCUT2D eigenvalue weighted by atomic mass is 9.97. The highest BCUT2D eigenvalue weighted by molar-refractivity contribution is 5.79. The van der Waals surface area contributed by atoms with Crippen LogP contribution in [0.25, 0.3) is 10.9 Å². The van der Waals surface area contributed by atoms with Gasteiger partial charge in [-0.3, -0.25) is 0 Å². The molecular weight excluding hydrogens is 368 g/mol. The smallest absolute Gasteiger partial charge is 0.408 e. The highest BCUT2D eigenvalue weighted by Gasteiger charge is 2.49. The number of carbonyl (C=O) groups excluding carboxylic acids is 1. The van der Waals surface area contributed by atoms with Gasteiger partial charge in [0.15, 0.2) is 6.23 Å². The number of fused-ring (bicyclic) bond motifs is 1. The Hall–Kier alpha value is -2.12. The van der Waals surface area contributed by atoms with Crippen LogP contribution in [0, 0.1) is 0 Å². The minimum Gasteiger partial charge on any atom is -0.444 e. The van der Waals surface area contributed by atoms with Crippen LogP contribution in [0.3, 0.4) is 0 Å². The summed E-state index contributed by atoms with van der Waals surface area (Å²) in [5.41, 5.74) is 7.86. The van der Waals surface area contributed by atoms with Crippen molar-refractivity contribution in [2.45, 2.75) is 82.7 Å². The second-order valence-electron chi connectivity index (χ2n) is 9.40. The third kappa shape index (κ3) is 4.56. The van der Waals surface area contributed by atoms with Gasteiger partial charge in [0.25, 0.3) is 0 Å². The van der Waals surface area contributed by atoms with E-state index in [9.17, 15) is 4.79 Å². The molecule has 2 heterocycles. The number of carbonyl (C=O) groups is 1. The van der Waals surface area contributed by atoms with Gasteiger partial charge in [0.2, 0.25) is 0 Å². The first-order valence-electron chi connectivity index (χ1n) is 10.6. The number of aromatic nitrogens is 2. The average molecular weight is 401 g/mol. The van der Waals surface area contributed by atoms with Gasteiger partial charge in [-0.05, 0) is 77.0 Å². The molecule has 1 aromatic carbocycles. The van der Waals surface area contributed by atoms with Crippen LogP contribution in [-0.4, -0.2) is 39.7 Å². The molecule has 1 aliphatic heterocycles. The quantitative estimate of drug-likeness (QED) is 0.799. The van der Waals surface area contributed by atoms with Crippen molar-refractivity contribution in [3.63, 3.8) is 0 Å². The Balaban J connectivity index is 1.43. The van der Waals surface area contributed by atoms with E-state index in [2.05, 4.69) is 28.6 Å². The van der Waals surface area contributed by atoms with E-state index in [1.54, 1.807) is 0 Å². The number of ether oxygens (including phenoxy) is 2. The number of alkyl carbamates (subject to hydrolysis) is 1. The van der Waals surface area contributed by atoms with Crippen molar-refractivity contribution in [2.24, 2.45) is 5.73 Å². The fourth-order valence-electron chi connectivity index (χ4n) is 4.06. The Morgan fingerprint density at radius 1 is 1.41 bits per heavy atom. The topological polar surface area (TPSA) is 91.4 Å². The predicted molar refractivity (Wildman–Crippen MR) is 112 cm³/mol. The molecule has 1 aliphatic carbocycles. The Morgan fingerprint density at radius 3 is 2.86 bits per heavy atom. The minimum absolute atomic E-state index is 0.0297. The molecule has 2 atom stereocenters. The van der Waals surface area contributed by atoms with Crippen LogP contribution in [0.15, 0.2) is 24.4 Å². The van der Waals surface area contributed by atoms with Crippen molar-refractivity contribution in [3.8, 4) is 0 Å². The maximum absolute atomic E-state index is 12.2. The molecule has 7 nitrogen and oxygen atoms in total. The minimum atomic E-state index is -0.516. The van der Waals surface area contributed by atoms with Gasteiger partial charge < -0.3 is 20.5 Å². The van der Waals surface area contributed by atoms with Crippen molar-refractivity contribution in [1.29, 1.82) is 0 Å². The normalized spacial score (nSPS) is 22.3. The second kappa shape index (κ2) is 7.61. The highest BCUT2D eigenvalue weighted by atomic mass is 16.6. The number of nitrogens with one attached hydrogen (secondary N) is 1. The average Bonchev–Trinajstić information content (AvgIpc) is 3.31. The molecule has 1 saturated heterocycles. The number of nitrogens with zero attached hydrogens (tertiary/aromatic N) is 2. The summed E-state index contributed by atoms with van der Waals surface area (Å²) in [4.78, 5) is 12.2. The van der Waals surface area contributed by atoms with E-state index in [4.69, 9.17) is 15.2 Å². The summed E-state index contributed by atoms with van der Waals surface area (Å²) in [5, 5.41) is 8.66. The molecule has 7 heteroatoms. The van der Waals surface area contributed by atoms with E-state index in [-0.39, 0.29) is 17.8 Å². The van der Waals surface area contributed by atoms with E-state index in [0.29, 0.717) is 6.42 Å². The van der Waals surface area contributed by atoms with Crippen molar-refractivity contribution in [1.82, 2.24) is 15.1 Å². The van der Waals surface area contributed by atoms with Crippen LogP contribution in [0.2, 0.25) is 0 Å². The molecule has 1 unspecified atom stereocenters. The zero-order chi connectivity index (χ0) is 20.6. The zero-order valence-electron chi connectivity index (χ0n) is 17.6. The van der Waals surface area contributed by atoms with Gasteiger partial charge in [-0.25, -0.2) is 9.48 Å². The SMILES string of the molecule is CC(C)(C)OC(=O)NC1([C@@H](N)Cc2ccc3c(cnn3C3CCCCO3)c2)CC1. The first-order valence-corrected chi connectivity index (χ1v) is 10.6. The molecule has 2 aliphatic rings. The number of nitrogens with two attached hydrogens (primary N) is 1. The summed E-state index contributed by atoms with van der Waals surface area (Å²) in [6.45, 7) is 6.38. The number of rotatable bonds is 5. The van der Waals surface area contributed by atoms with Gasteiger partial charge >= 0.3 is 6.09 Å². The van der Waals surface area contributed by atoms with Gasteiger partial charge in [-0.2, -0.15) is 5.10 Å². The van der Waals surface area contributed by atoms with Crippen LogP contribution in [0.1, 0.15) is 64.7 Å². The lowest BCUT2D eigenvalue weighted by Crippen LogP contribution is -2.52. The molecule has 2 fully saturated rings. The molecule has 4 rings (SSSR count). The van der Waals surface area contributed by atoms with Crippen LogP contribution in [-0.2, 0) is 15.9 Å². The second-order valence-corrected chi connectivity index (χ2v) is 9.40. The van der Waals surface area contributed by atoms with Gasteiger partial charge in [-0.1, -0.05) is 6.07 Å². The standard InChI is InChI=1S/C22H32N4O3/c1-21(2,3)29-20(27)25-22(9-10-22)18(23)13-15-7-8-17-16(12-15)14-24-26(17)19-6-4-5-11-28-19/h7-8,12,14,18-19H,4-6,9-11,13,23H2,1-3H3,(H,25,27)/t18-,19?/m0/s1. The van der Waals surface area contributed by atoms with Gasteiger partial charge in [-0.15, -0.1) is 0 Å². The van der Waals surface area contributed by atoms with Crippen LogP contribution in [0.5, 0.6) is 0 Å². The summed E-state index contributed by atoms with van der Waals surface area (Å²) in [6.07, 6.45) is 7.28. The Labute approximate surface area is 171 Å². The molecular formula is C22H32N4O3. The molecule has 1 saturated carbocycles. The van der Waals surface area contributed by atoms with E-state index >= 15 is 0 Å². The summed E-state index contributed by atoms with van der Waals surface area (Å²) in [5.74, 6) is 0. The van der Waals surface area contributed by atoms with Crippen LogP contribution >= 0.6 is 0 Å². The molecule has 158 valence electrons. The van der Waals surface area contributed by atoms with Crippen LogP contribution < -0.4 is 11.1 Å². The molecule has 1 amide bonds. The molecule has 3 N–H and O–H groups in total. The fourth-order valence-corrected chi connectivity index (χ4v) is 4.06. The van der Waals surface area contributed by atoms with Crippen molar-refractivity contribution in [3.05, 3.63) is 30.0 Å². The van der Waals surface area contributed by atoms with Gasteiger partial charge in [0.05, 0.1) is 17.3 Å². The van der Waals surface area contributed by atoms with Gasteiger partial charge in [0, 0.05) is 18.0 Å². The lowest BCUT2D eigenvalue weighted by molar-refractivity contribution is -0.0366. The maximum atomic E-state index is 12.2. The third-order valence-corrected chi connectivity index (χ3v) is 5.79. The van der Waals surface area contributed by atoms with E-state index < -0.39 is 11.7 Å². The molecule has 0 radical (unpaired) electrons. The monoisotopic (exact) mass is 400 g/mol. The number of amides is 1. The largest absolute Gasteiger partial charge is 0.444 e. The summed E-state index contributed by atoms with van der Waals surface area (Å²) in [7, 11) is 0. The molecule has 2 aromatic rings. The van der Waals surface area contributed by atoms with Crippen LogP contribution in [0.4, 0.5) is 4.79 Å². The van der Waals surface area contributed by atoms with E-state index in [1.807, 2.05) is 31.6 Å². The Bertz CT molecular complexity index is 876. The summed E-state index contributed by atoms with van der Waals surface area (Å²) < 4.78 is 13.3. The molecule has 1 aromatic heterocycles. The molecule has 0 spiro atoms. The fraction of sp³-hybridized carbons (Fsp3) is 0.636. The third-order valence-electron chi connectivity index (χ3n) is 5.79. The Morgan fingerprint density at radius 2 is 2.21 bits per heavy atom. The summed E-state index contributed by atoms with van der Waals surface area (Å²) in [6, 6.07) is 6.19. The number of hydrogen-bond acceptors (Lipinski definition) is 5. The lowest BCUT2D eigenvalue weighted by Gasteiger charge is -2.27. The molecule has 29 heavy (non-hydrogen) atoms. The first kappa shape index (κ1) is 20.2. The first-order chi connectivity index (χ1) is 13.8. The van der Waals surface area contributed by atoms with E-state index in [1.165, 1.54) is 6.42 Å². The van der Waals surface area contributed by atoms with Gasteiger partial charge in [0.1, 0.15) is 5.60 Å². The van der Waals surface area contributed by atoms with E-state index in [0.717, 1.165) is 48.8 Å². The Kier molecular flexibility index (Phi) is 5.29. The number of hydrogen-bond donors (Lipinski definition) is 2.